The Labute approximate surface area is 263 Å². The maximum Gasteiger partial charge on any atom is 0.143 e. The van der Waals surface area contributed by atoms with Gasteiger partial charge in [0.25, 0.3) is 0 Å². The Balaban J connectivity index is 1.31. The van der Waals surface area contributed by atoms with Crippen molar-refractivity contribution in [2.24, 2.45) is 0 Å². The van der Waals surface area contributed by atoms with Gasteiger partial charge in [0.1, 0.15) is 33.5 Å². The lowest BCUT2D eigenvalue weighted by Crippen LogP contribution is -1.87. The molecular weight excluding hydrogens is 564 g/mol. The SMILES string of the molecule is Cc1ccc(-c2ccc(-c3ccc(-c4cccc5oc6ccccc6c45)c4c3oc3ccccc34)c3c2oc2ccccc23)cc1. The molecule has 3 aromatic heterocycles. The zero-order valence-electron chi connectivity index (χ0n) is 25.0. The van der Waals surface area contributed by atoms with Crippen LogP contribution >= 0.6 is 0 Å². The van der Waals surface area contributed by atoms with E-state index in [0.717, 1.165) is 99.2 Å². The number of rotatable bonds is 3. The first kappa shape index (κ1) is 25.3. The minimum atomic E-state index is 0.859. The van der Waals surface area contributed by atoms with Crippen LogP contribution in [0.4, 0.5) is 0 Å². The van der Waals surface area contributed by atoms with Crippen molar-refractivity contribution in [2.75, 3.05) is 0 Å². The van der Waals surface area contributed by atoms with Crippen molar-refractivity contribution >= 4 is 65.8 Å². The first-order valence-electron chi connectivity index (χ1n) is 15.6. The van der Waals surface area contributed by atoms with Crippen molar-refractivity contribution in [3.05, 3.63) is 145 Å². The first-order valence-corrected chi connectivity index (χ1v) is 15.6. The van der Waals surface area contributed by atoms with Gasteiger partial charge in [0.2, 0.25) is 0 Å². The molecule has 0 atom stereocenters. The number of furan rings is 3. The average molecular weight is 591 g/mol. The summed E-state index contributed by atoms with van der Waals surface area (Å²) in [6, 6.07) is 48.7. The van der Waals surface area contributed by atoms with Crippen LogP contribution in [-0.2, 0) is 0 Å². The standard InChI is InChI=1S/C43H26O3/c1-25-17-19-26(20-18-25)27-21-22-30(41-34-11-4-6-14-36(34)45-42(27)41)31-24-23-29(40-33-10-3-7-15-37(33)46-43(31)40)28-12-8-16-38-39(28)32-9-2-5-13-35(32)44-38/h2-24H,1H3. The van der Waals surface area contributed by atoms with Crippen LogP contribution < -0.4 is 0 Å². The molecule has 0 saturated carbocycles. The van der Waals surface area contributed by atoms with Gasteiger partial charge in [0, 0.05) is 43.4 Å². The topological polar surface area (TPSA) is 39.4 Å². The predicted molar refractivity (Wildman–Crippen MR) is 189 cm³/mol. The Morgan fingerprint density at radius 2 is 0.783 bits per heavy atom. The molecule has 0 aliphatic heterocycles. The van der Waals surface area contributed by atoms with Gasteiger partial charge >= 0.3 is 0 Å². The molecule has 0 aliphatic rings. The highest BCUT2D eigenvalue weighted by atomic mass is 16.3. The molecule has 0 unspecified atom stereocenters. The third-order valence-corrected chi connectivity index (χ3v) is 9.40. The third kappa shape index (κ3) is 3.54. The lowest BCUT2D eigenvalue weighted by Gasteiger charge is -2.12. The molecule has 0 N–H and O–H groups in total. The number of fused-ring (bicyclic) bond motifs is 9. The number of hydrogen-bond acceptors (Lipinski definition) is 3. The van der Waals surface area contributed by atoms with Crippen LogP contribution in [-0.4, -0.2) is 0 Å². The molecule has 46 heavy (non-hydrogen) atoms. The fourth-order valence-electron chi connectivity index (χ4n) is 7.28. The highest BCUT2D eigenvalue weighted by Gasteiger charge is 2.23. The van der Waals surface area contributed by atoms with Gasteiger partial charge in [0.15, 0.2) is 0 Å². The minimum Gasteiger partial charge on any atom is -0.456 e. The summed E-state index contributed by atoms with van der Waals surface area (Å²) in [6.07, 6.45) is 0. The summed E-state index contributed by atoms with van der Waals surface area (Å²) < 4.78 is 19.7. The molecule has 3 heteroatoms. The summed E-state index contributed by atoms with van der Waals surface area (Å²) >= 11 is 0. The zero-order valence-corrected chi connectivity index (χ0v) is 25.0. The van der Waals surface area contributed by atoms with Gasteiger partial charge in [-0.05, 0) is 65.6 Å². The van der Waals surface area contributed by atoms with Crippen molar-refractivity contribution in [3.8, 4) is 33.4 Å². The van der Waals surface area contributed by atoms with Crippen molar-refractivity contribution in [1.82, 2.24) is 0 Å². The summed E-state index contributed by atoms with van der Waals surface area (Å²) in [6.45, 7) is 2.11. The van der Waals surface area contributed by atoms with Crippen molar-refractivity contribution in [1.29, 1.82) is 0 Å². The van der Waals surface area contributed by atoms with Gasteiger partial charge in [-0.15, -0.1) is 0 Å². The molecule has 0 radical (unpaired) electrons. The molecule has 216 valence electrons. The van der Waals surface area contributed by atoms with Gasteiger partial charge in [-0.2, -0.15) is 0 Å². The van der Waals surface area contributed by atoms with E-state index in [1.54, 1.807) is 0 Å². The second kappa shape index (κ2) is 9.47. The van der Waals surface area contributed by atoms with E-state index in [1.165, 1.54) is 5.56 Å². The summed E-state index contributed by atoms with van der Waals surface area (Å²) in [5.41, 5.74) is 13.0. The fourth-order valence-corrected chi connectivity index (χ4v) is 7.28. The molecule has 3 nitrogen and oxygen atoms in total. The zero-order chi connectivity index (χ0) is 30.4. The van der Waals surface area contributed by atoms with E-state index >= 15 is 0 Å². The predicted octanol–water partition coefficient (Wildman–Crippen LogP) is 12.7. The molecule has 0 bridgehead atoms. The summed E-state index contributed by atoms with van der Waals surface area (Å²) in [5.74, 6) is 0. The van der Waals surface area contributed by atoms with Crippen LogP contribution in [0.3, 0.4) is 0 Å². The van der Waals surface area contributed by atoms with Crippen molar-refractivity contribution < 1.29 is 13.3 Å². The van der Waals surface area contributed by atoms with Crippen LogP contribution in [0, 0.1) is 6.92 Å². The van der Waals surface area contributed by atoms with E-state index in [0.29, 0.717) is 0 Å². The molecule has 0 amide bonds. The Kier molecular flexibility index (Phi) is 5.20. The molecule has 0 spiro atoms. The smallest absolute Gasteiger partial charge is 0.143 e. The first-order chi connectivity index (χ1) is 22.7. The van der Waals surface area contributed by atoms with Crippen LogP contribution in [0.1, 0.15) is 5.56 Å². The molecule has 10 aromatic rings. The van der Waals surface area contributed by atoms with E-state index in [-0.39, 0.29) is 0 Å². The molecule has 0 saturated heterocycles. The van der Waals surface area contributed by atoms with E-state index in [2.05, 4.69) is 110 Å². The molecule has 0 fully saturated rings. The monoisotopic (exact) mass is 590 g/mol. The minimum absolute atomic E-state index is 0.859. The lowest BCUT2D eigenvalue weighted by molar-refractivity contribution is 0.668. The maximum absolute atomic E-state index is 6.79. The van der Waals surface area contributed by atoms with Gasteiger partial charge in [-0.3, -0.25) is 0 Å². The molecule has 7 aromatic carbocycles. The highest BCUT2D eigenvalue weighted by molar-refractivity contribution is 6.24. The van der Waals surface area contributed by atoms with E-state index in [1.807, 2.05) is 36.4 Å². The molecule has 3 heterocycles. The van der Waals surface area contributed by atoms with Crippen molar-refractivity contribution in [2.45, 2.75) is 6.92 Å². The highest BCUT2D eigenvalue weighted by Crippen LogP contribution is 2.48. The van der Waals surface area contributed by atoms with Gasteiger partial charge < -0.3 is 13.3 Å². The van der Waals surface area contributed by atoms with Crippen LogP contribution in [0.15, 0.2) is 153 Å². The summed E-state index contributed by atoms with van der Waals surface area (Å²) in [4.78, 5) is 0. The van der Waals surface area contributed by atoms with Crippen LogP contribution in [0.5, 0.6) is 0 Å². The molecule has 0 aliphatic carbocycles. The van der Waals surface area contributed by atoms with Gasteiger partial charge in [0.05, 0.1) is 0 Å². The Morgan fingerprint density at radius 1 is 0.326 bits per heavy atom. The second-order valence-electron chi connectivity index (χ2n) is 12.1. The Morgan fingerprint density at radius 3 is 1.43 bits per heavy atom. The maximum atomic E-state index is 6.79. The summed E-state index contributed by atoms with van der Waals surface area (Å²) in [7, 11) is 0. The fraction of sp³-hybridized carbons (Fsp3) is 0.0233. The Bertz CT molecular complexity index is 2810. The lowest BCUT2D eigenvalue weighted by atomic mass is 9.90. The third-order valence-electron chi connectivity index (χ3n) is 9.40. The van der Waals surface area contributed by atoms with E-state index in [4.69, 9.17) is 13.3 Å². The number of aryl methyl sites for hydroxylation is 1. The Hall–Kier alpha value is -6.06. The van der Waals surface area contributed by atoms with Crippen molar-refractivity contribution in [3.63, 3.8) is 0 Å². The summed E-state index contributed by atoms with van der Waals surface area (Å²) in [5, 5.41) is 6.58. The average Bonchev–Trinajstić information content (AvgIpc) is 3.80. The second-order valence-corrected chi connectivity index (χ2v) is 12.1. The molecular formula is C43H26O3. The van der Waals surface area contributed by atoms with E-state index < -0.39 is 0 Å². The van der Waals surface area contributed by atoms with Gasteiger partial charge in [-0.1, -0.05) is 109 Å². The van der Waals surface area contributed by atoms with Gasteiger partial charge in [-0.25, -0.2) is 0 Å². The van der Waals surface area contributed by atoms with Crippen LogP contribution in [0.25, 0.3) is 99.2 Å². The molecule has 10 rings (SSSR count). The quantitative estimate of drug-likeness (QED) is 0.205. The number of hydrogen-bond donors (Lipinski definition) is 0. The number of benzene rings is 7. The van der Waals surface area contributed by atoms with E-state index in [9.17, 15) is 0 Å². The van der Waals surface area contributed by atoms with Crippen LogP contribution in [0.2, 0.25) is 0 Å². The largest absolute Gasteiger partial charge is 0.456 e. The number of para-hydroxylation sites is 3. The normalized spacial score (nSPS) is 12.0.